The minimum Gasteiger partial charge on any atom is -0.324 e. The Morgan fingerprint density at radius 3 is 2.62 bits per heavy atom. The normalized spacial score (nSPS) is 12.4. The number of nitrogens with zero attached hydrogens (tertiary/aromatic N) is 1. The molecule has 0 spiro atoms. The summed E-state index contributed by atoms with van der Waals surface area (Å²) in [5, 5.41) is 0.507. The third kappa shape index (κ3) is 2.40. The Morgan fingerprint density at radius 1 is 1.19 bits per heavy atom. The van der Waals surface area contributed by atoms with E-state index in [4.69, 9.17) is 17.3 Å². The molecule has 0 aliphatic heterocycles. The molecule has 0 saturated heterocycles. The van der Waals surface area contributed by atoms with Crippen LogP contribution in [-0.2, 0) is 0 Å². The fourth-order valence-electron chi connectivity index (χ4n) is 1.55. The fraction of sp³-hybridized carbons (Fsp3) is 0.154. The number of nitrogens with two attached hydrogens (primary N) is 1. The monoisotopic (exact) mass is 232 g/mol. The minimum atomic E-state index is 0.0419. The van der Waals surface area contributed by atoms with Crippen molar-refractivity contribution in [2.75, 3.05) is 0 Å². The van der Waals surface area contributed by atoms with E-state index < -0.39 is 0 Å². The number of rotatable bonds is 2. The SMILES string of the molecule is CC(N)c1cccc(-c2ccc(Cl)nc2)c1. The summed E-state index contributed by atoms with van der Waals surface area (Å²) < 4.78 is 0. The minimum absolute atomic E-state index is 0.0419. The quantitative estimate of drug-likeness (QED) is 0.806. The highest BCUT2D eigenvalue weighted by Crippen LogP contribution is 2.22. The molecule has 0 aliphatic carbocycles. The van der Waals surface area contributed by atoms with E-state index >= 15 is 0 Å². The van der Waals surface area contributed by atoms with Gasteiger partial charge in [0.25, 0.3) is 0 Å². The van der Waals surface area contributed by atoms with Gasteiger partial charge in [0.1, 0.15) is 5.15 Å². The van der Waals surface area contributed by atoms with Crippen LogP contribution < -0.4 is 5.73 Å². The highest BCUT2D eigenvalue weighted by atomic mass is 35.5. The number of halogens is 1. The molecule has 2 N–H and O–H groups in total. The summed E-state index contributed by atoms with van der Waals surface area (Å²) in [7, 11) is 0. The lowest BCUT2D eigenvalue weighted by atomic mass is 10.0. The summed E-state index contributed by atoms with van der Waals surface area (Å²) in [5.41, 5.74) is 9.12. The summed E-state index contributed by atoms with van der Waals surface area (Å²) >= 11 is 5.75. The van der Waals surface area contributed by atoms with Gasteiger partial charge in [0, 0.05) is 17.8 Å². The maximum absolute atomic E-state index is 5.85. The average molecular weight is 233 g/mol. The highest BCUT2D eigenvalue weighted by molar-refractivity contribution is 6.29. The zero-order chi connectivity index (χ0) is 11.5. The van der Waals surface area contributed by atoms with Gasteiger partial charge in [-0.2, -0.15) is 0 Å². The van der Waals surface area contributed by atoms with E-state index in [1.54, 1.807) is 12.3 Å². The lowest BCUT2D eigenvalue weighted by Crippen LogP contribution is -2.04. The number of pyridine rings is 1. The van der Waals surface area contributed by atoms with E-state index in [0.717, 1.165) is 16.7 Å². The third-order valence-electron chi connectivity index (χ3n) is 2.47. The number of aromatic nitrogens is 1. The van der Waals surface area contributed by atoms with Crippen molar-refractivity contribution in [3.05, 3.63) is 53.3 Å². The number of benzene rings is 1. The van der Waals surface area contributed by atoms with Crippen molar-refractivity contribution in [3.8, 4) is 11.1 Å². The Kier molecular flexibility index (Phi) is 3.22. The lowest BCUT2D eigenvalue weighted by molar-refractivity contribution is 0.819. The van der Waals surface area contributed by atoms with Gasteiger partial charge in [-0.15, -0.1) is 0 Å². The van der Waals surface area contributed by atoms with Crippen molar-refractivity contribution in [1.29, 1.82) is 0 Å². The molecule has 16 heavy (non-hydrogen) atoms. The molecule has 0 amide bonds. The maximum atomic E-state index is 5.85. The van der Waals surface area contributed by atoms with Crippen molar-refractivity contribution < 1.29 is 0 Å². The standard InChI is InChI=1S/C13H13ClN2/c1-9(15)10-3-2-4-11(7-10)12-5-6-13(14)16-8-12/h2-9H,15H2,1H3. The Hall–Kier alpha value is -1.38. The molecule has 1 atom stereocenters. The molecule has 0 saturated carbocycles. The number of hydrogen-bond donors (Lipinski definition) is 1. The summed E-state index contributed by atoms with van der Waals surface area (Å²) in [6.07, 6.45) is 1.77. The summed E-state index contributed by atoms with van der Waals surface area (Å²) in [4.78, 5) is 4.06. The number of hydrogen-bond acceptors (Lipinski definition) is 2. The predicted octanol–water partition coefficient (Wildman–Crippen LogP) is 3.42. The van der Waals surface area contributed by atoms with E-state index in [0.29, 0.717) is 5.15 Å². The largest absolute Gasteiger partial charge is 0.324 e. The van der Waals surface area contributed by atoms with Crippen LogP contribution >= 0.6 is 11.6 Å². The first-order chi connectivity index (χ1) is 7.66. The van der Waals surface area contributed by atoms with Crippen LogP contribution in [0.1, 0.15) is 18.5 Å². The molecule has 1 aromatic heterocycles. The van der Waals surface area contributed by atoms with Crippen LogP contribution in [0.25, 0.3) is 11.1 Å². The van der Waals surface area contributed by atoms with Crippen LogP contribution in [-0.4, -0.2) is 4.98 Å². The molecular weight excluding hydrogens is 220 g/mol. The van der Waals surface area contributed by atoms with Gasteiger partial charge in [-0.05, 0) is 36.2 Å². The van der Waals surface area contributed by atoms with Crippen molar-refractivity contribution in [3.63, 3.8) is 0 Å². The van der Waals surface area contributed by atoms with E-state index in [1.807, 2.05) is 31.2 Å². The zero-order valence-electron chi connectivity index (χ0n) is 9.02. The molecule has 0 radical (unpaired) electrons. The second kappa shape index (κ2) is 4.64. The molecule has 2 rings (SSSR count). The Morgan fingerprint density at radius 2 is 2.00 bits per heavy atom. The van der Waals surface area contributed by atoms with Gasteiger partial charge in [-0.25, -0.2) is 4.98 Å². The Bertz CT molecular complexity index is 478. The fourth-order valence-corrected chi connectivity index (χ4v) is 1.66. The Balaban J connectivity index is 2.40. The summed E-state index contributed by atoms with van der Waals surface area (Å²) in [6, 6.07) is 11.9. The average Bonchev–Trinajstić information content (AvgIpc) is 2.30. The smallest absolute Gasteiger partial charge is 0.129 e. The van der Waals surface area contributed by atoms with Crippen molar-refractivity contribution >= 4 is 11.6 Å². The van der Waals surface area contributed by atoms with Crippen LogP contribution in [0.5, 0.6) is 0 Å². The molecule has 1 unspecified atom stereocenters. The lowest BCUT2D eigenvalue weighted by Gasteiger charge is -2.08. The van der Waals surface area contributed by atoms with Crippen LogP contribution in [0, 0.1) is 0 Å². The van der Waals surface area contributed by atoms with Crippen molar-refractivity contribution in [2.45, 2.75) is 13.0 Å². The first kappa shape index (κ1) is 11.1. The van der Waals surface area contributed by atoms with E-state index in [2.05, 4.69) is 11.1 Å². The maximum Gasteiger partial charge on any atom is 0.129 e. The first-order valence-electron chi connectivity index (χ1n) is 5.14. The van der Waals surface area contributed by atoms with Gasteiger partial charge < -0.3 is 5.73 Å². The van der Waals surface area contributed by atoms with Gasteiger partial charge in [0.15, 0.2) is 0 Å². The van der Waals surface area contributed by atoms with E-state index in [9.17, 15) is 0 Å². The molecular formula is C13H13ClN2. The topological polar surface area (TPSA) is 38.9 Å². The van der Waals surface area contributed by atoms with Crippen LogP contribution in [0.4, 0.5) is 0 Å². The van der Waals surface area contributed by atoms with Gasteiger partial charge in [0.2, 0.25) is 0 Å². The van der Waals surface area contributed by atoms with Crippen molar-refractivity contribution in [1.82, 2.24) is 4.98 Å². The molecule has 1 heterocycles. The van der Waals surface area contributed by atoms with Gasteiger partial charge in [-0.1, -0.05) is 29.8 Å². The van der Waals surface area contributed by atoms with Crippen LogP contribution in [0.15, 0.2) is 42.6 Å². The van der Waals surface area contributed by atoms with E-state index in [-0.39, 0.29) is 6.04 Å². The molecule has 2 nitrogen and oxygen atoms in total. The predicted molar refractivity (Wildman–Crippen MR) is 67.3 cm³/mol. The molecule has 0 bridgehead atoms. The third-order valence-corrected chi connectivity index (χ3v) is 2.70. The Labute approximate surface area is 100 Å². The molecule has 0 fully saturated rings. The highest BCUT2D eigenvalue weighted by Gasteiger charge is 2.02. The van der Waals surface area contributed by atoms with E-state index in [1.165, 1.54) is 0 Å². The molecule has 2 aromatic rings. The summed E-state index contributed by atoms with van der Waals surface area (Å²) in [5.74, 6) is 0. The van der Waals surface area contributed by atoms with Gasteiger partial charge >= 0.3 is 0 Å². The first-order valence-corrected chi connectivity index (χ1v) is 5.52. The molecule has 82 valence electrons. The summed E-state index contributed by atoms with van der Waals surface area (Å²) in [6.45, 7) is 1.97. The van der Waals surface area contributed by atoms with Crippen LogP contribution in [0.3, 0.4) is 0 Å². The molecule has 3 heteroatoms. The molecule has 0 aliphatic rings. The second-order valence-corrected chi connectivity index (χ2v) is 4.17. The van der Waals surface area contributed by atoms with Crippen molar-refractivity contribution in [2.24, 2.45) is 5.73 Å². The second-order valence-electron chi connectivity index (χ2n) is 3.78. The zero-order valence-corrected chi connectivity index (χ0v) is 9.78. The van der Waals surface area contributed by atoms with Crippen LogP contribution in [0.2, 0.25) is 5.15 Å². The molecule has 1 aromatic carbocycles. The van der Waals surface area contributed by atoms with Gasteiger partial charge in [-0.3, -0.25) is 0 Å². The van der Waals surface area contributed by atoms with Gasteiger partial charge in [0.05, 0.1) is 0 Å².